The van der Waals surface area contributed by atoms with Crippen molar-refractivity contribution in [3.63, 3.8) is 0 Å². The van der Waals surface area contributed by atoms with Crippen LogP contribution in [0, 0.1) is 6.92 Å². The third-order valence-electron chi connectivity index (χ3n) is 4.07. The number of likely N-dealkylation sites (tertiary alicyclic amines) is 1. The lowest BCUT2D eigenvalue weighted by Gasteiger charge is -2.26. The van der Waals surface area contributed by atoms with E-state index < -0.39 is 0 Å². The van der Waals surface area contributed by atoms with Gasteiger partial charge >= 0.3 is 6.03 Å². The van der Waals surface area contributed by atoms with Crippen molar-refractivity contribution in [3.05, 3.63) is 48.2 Å². The molecule has 4 nitrogen and oxygen atoms in total. The highest BCUT2D eigenvalue weighted by Crippen LogP contribution is 2.25. The molecule has 0 bridgehead atoms. The summed E-state index contributed by atoms with van der Waals surface area (Å²) < 4.78 is 0. The second kappa shape index (κ2) is 11.1. The lowest BCUT2D eigenvalue weighted by Crippen LogP contribution is -2.38. The molecule has 0 unspecified atom stereocenters. The lowest BCUT2D eigenvalue weighted by atomic mass is 10.0. The number of hydrogen-bond acceptors (Lipinski definition) is 2. The quantitative estimate of drug-likeness (QED) is 0.568. The predicted molar refractivity (Wildman–Crippen MR) is 118 cm³/mol. The summed E-state index contributed by atoms with van der Waals surface area (Å²) >= 11 is 0. The average molecular weight is 455 g/mol. The van der Waals surface area contributed by atoms with Crippen molar-refractivity contribution in [2.75, 3.05) is 18.4 Å². The van der Waals surface area contributed by atoms with E-state index in [-0.39, 0.29) is 31.4 Å². The molecule has 1 aromatic carbocycles. The first kappa shape index (κ1) is 21.4. The van der Waals surface area contributed by atoms with Crippen LogP contribution in [0.2, 0.25) is 0 Å². The summed E-state index contributed by atoms with van der Waals surface area (Å²) in [5.41, 5.74) is 3.95. The molecule has 1 aromatic heterocycles. The number of aromatic nitrogens is 1. The van der Waals surface area contributed by atoms with Gasteiger partial charge in [0.05, 0.1) is 5.69 Å². The molecule has 1 N–H and O–H groups in total. The Labute approximate surface area is 169 Å². The summed E-state index contributed by atoms with van der Waals surface area (Å²) in [6.07, 6.45) is 5.20. The largest absolute Gasteiger partial charge is 0.325 e. The van der Waals surface area contributed by atoms with E-state index in [1.165, 1.54) is 6.42 Å². The monoisotopic (exact) mass is 455 g/mol. The summed E-state index contributed by atoms with van der Waals surface area (Å²) in [4.78, 5) is 18.6. The van der Waals surface area contributed by atoms with E-state index >= 15 is 0 Å². The van der Waals surface area contributed by atoms with Gasteiger partial charge in [-0.1, -0.05) is 26.0 Å². The molecule has 1 fully saturated rings. The maximum absolute atomic E-state index is 12.3. The number of urea groups is 1. The summed E-state index contributed by atoms with van der Waals surface area (Å²) in [5, 5.41) is 3.01. The maximum atomic E-state index is 12.3. The van der Waals surface area contributed by atoms with Gasteiger partial charge in [-0.3, -0.25) is 4.98 Å². The van der Waals surface area contributed by atoms with Crippen molar-refractivity contribution in [1.29, 1.82) is 0 Å². The van der Waals surface area contributed by atoms with E-state index in [1.807, 2.05) is 55.1 Å². The average Bonchev–Trinajstić information content (AvgIpc) is 2.66. The molecular weight excluding hydrogens is 425 g/mol. The maximum Gasteiger partial charge on any atom is 0.321 e. The van der Waals surface area contributed by atoms with Gasteiger partial charge < -0.3 is 10.2 Å². The summed E-state index contributed by atoms with van der Waals surface area (Å²) in [6.45, 7) is 7.76. The summed E-state index contributed by atoms with van der Waals surface area (Å²) in [6, 6.07) is 11.8. The van der Waals surface area contributed by atoms with Crippen molar-refractivity contribution in [2.24, 2.45) is 0 Å². The number of nitrogens with zero attached hydrogens (tertiary/aromatic N) is 2. The smallest absolute Gasteiger partial charge is 0.321 e. The number of pyridine rings is 1. The molecule has 25 heavy (non-hydrogen) atoms. The van der Waals surface area contributed by atoms with Gasteiger partial charge in [0.25, 0.3) is 0 Å². The van der Waals surface area contributed by atoms with E-state index in [9.17, 15) is 4.79 Å². The number of amides is 2. The topological polar surface area (TPSA) is 45.2 Å². The van der Waals surface area contributed by atoms with Crippen molar-refractivity contribution in [2.45, 2.75) is 40.0 Å². The zero-order valence-corrected chi connectivity index (χ0v) is 17.6. The fourth-order valence-corrected chi connectivity index (χ4v) is 2.80. The van der Waals surface area contributed by atoms with Gasteiger partial charge in [0.15, 0.2) is 0 Å². The van der Waals surface area contributed by atoms with E-state index in [2.05, 4.69) is 17.2 Å². The van der Waals surface area contributed by atoms with Crippen molar-refractivity contribution in [3.8, 4) is 11.3 Å². The molecule has 1 aliphatic heterocycles. The SMILES string of the molecule is CC.Cc1ccc(NC(=O)N2CCCCC2)cc1-c1ccccn1.I.[HH]. The highest BCUT2D eigenvalue weighted by molar-refractivity contribution is 14.0. The number of carbonyl (C=O) groups excluding carboxylic acids is 1. The molecule has 138 valence electrons. The molecule has 2 heterocycles. The van der Waals surface area contributed by atoms with Gasteiger partial charge in [0.2, 0.25) is 0 Å². The highest BCUT2D eigenvalue weighted by atomic mass is 127. The van der Waals surface area contributed by atoms with E-state index in [0.29, 0.717) is 0 Å². The number of aryl methyl sites for hydroxylation is 1. The van der Waals surface area contributed by atoms with Crippen LogP contribution in [-0.4, -0.2) is 29.0 Å². The fourth-order valence-electron chi connectivity index (χ4n) is 2.80. The molecule has 3 rings (SSSR count). The number of piperidine rings is 1. The van der Waals surface area contributed by atoms with E-state index in [0.717, 1.165) is 48.4 Å². The molecule has 1 aliphatic rings. The number of nitrogens with one attached hydrogen (secondary N) is 1. The minimum Gasteiger partial charge on any atom is -0.325 e. The minimum absolute atomic E-state index is 0. The molecule has 2 aromatic rings. The third kappa shape index (κ3) is 5.99. The van der Waals surface area contributed by atoms with Crippen molar-refractivity contribution < 1.29 is 6.22 Å². The molecule has 1 saturated heterocycles. The number of carbonyl (C=O) groups is 1. The molecule has 0 radical (unpaired) electrons. The summed E-state index contributed by atoms with van der Waals surface area (Å²) in [5.74, 6) is 0. The Hall–Kier alpha value is -1.63. The Balaban J connectivity index is 0.00000151. The number of halogens is 1. The Morgan fingerprint density at radius 2 is 1.84 bits per heavy atom. The van der Waals surface area contributed by atoms with Gasteiger partial charge in [-0.15, -0.1) is 24.0 Å². The Kier molecular flexibility index (Phi) is 9.49. The van der Waals surface area contributed by atoms with Crippen molar-refractivity contribution in [1.82, 2.24) is 9.88 Å². The third-order valence-corrected chi connectivity index (χ3v) is 4.07. The number of benzene rings is 1. The molecule has 0 atom stereocenters. The second-order valence-electron chi connectivity index (χ2n) is 5.72. The van der Waals surface area contributed by atoms with E-state index in [4.69, 9.17) is 0 Å². The molecule has 5 heteroatoms. The molecule has 0 spiro atoms. The first-order valence-corrected chi connectivity index (χ1v) is 8.82. The van der Waals surface area contributed by atoms with Gasteiger partial charge in [0, 0.05) is 32.0 Å². The standard InChI is InChI=1S/C18H21N3O.C2H6.HI.H2/c1-14-8-9-15(13-16(14)17-7-3-4-10-19-17)20-18(22)21-11-5-2-6-12-21;1-2;;/h3-4,7-10,13H,2,5-6,11-12H2,1H3,(H,20,22);1-2H3;2*1H. The van der Waals surface area contributed by atoms with Crippen LogP contribution >= 0.6 is 24.0 Å². The van der Waals surface area contributed by atoms with Crippen LogP contribution in [0.4, 0.5) is 10.5 Å². The first-order chi connectivity index (χ1) is 11.7. The molecular formula is C20H30IN3O. The minimum atomic E-state index is -0.00414. The summed E-state index contributed by atoms with van der Waals surface area (Å²) in [7, 11) is 0. The van der Waals surface area contributed by atoms with Crippen LogP contribution in [0.5, 0.6) is 0 Å². The first-order valence-electron chi connectivity index (χ1n) is 8.82. The van der Waals surface area contributed by atoms with Crippen LogP contribution in [0.3, 0.4) is 0 Å². The normalized spacial score (nSPS) is 13.2. The van der Waals surface area contributed by atoms with Gasteiger partial charge in [-0.2, -0.15) is 0 Å². The van der Waals surface area contributed by atoms with Crippen LogP contribution < -0.4 is 5.32 Å². The van der Waals surface area contributed by atoms with Gasteiger partial charge in [-0.05, 0) is 56.0 Å². The Bertz CT molecular complexity index is 661. The Morgan fingerprint density at radius 1 is 1.12 bits per heavy atom. The molecule has 0 saturated carbocycles. The number of anilines is 1. The number of hydrogen-bond donors (Lipinski definition) is 1. The zero-order chi connectivity index (χ0) is 17.4. The van der Waals surface area contributed by atoms with Crippen LogP contribution in [0.15, 0.2) is 42.6 Å². The fraction of sp³-hybridized carbons (Fsp3) is 0.400. The molecule has 0 aliphatic carbocycles. The highest BCUT2D eigenvalue weighted by Gasteiger charge is 2.16. The Morgan fingerprint density at radius 3 is 2.48 bits per heavy atom. The lowest BCUT2D eigenvalue weighted by molar-refractivity contribution is 0.200. The van der Waals surface area contributed by atoms with Crippen LogP contribution in [0.1, 0.15) is 40.1 Å². The predicted octanol–water partition coefficient (Wildman–Crippen LogP) is 5.97. The molecule has 2 amide bonds. The second-order valence-corrected chi connectivity index (χ2v) is 5.72. The van der Waals surface area contributed by atoms with Crippen LogP contribution in [0.25, 0.3) is 11.3 Å². The number of rotatable bonds is 2. The van der Waals surface area contributed by atoms with Crippen LogP contribution in [-0.2, 0) is 0 Å². The van der Waals surface area contributed by atoms with Crippen molar-refractivity contribution >= 4 is 35.7 Å². The van der Waals surface area contributed by atoms with Gasteiger partial charge in [0.1, 0.15) is 0 Å². The zero-order valence-electron chi connectivity index (χ0n) is 15.3. The van der Waals surface area contributed by atoms with Gasteiger partial charge in [-0.25, -0.2) is 4.79 Å². The van der Waals surface area contributed by atoms with E-state index in [1.54, 1.807) is 6.20 Å².